The lowest BCUT2D eigenvalue weighted by Gasteiger charge is -2.36. The number of hydrogen-bond donors (Lipinski definition) is 1. The van der Waals surface area contributed by atoms with Crippen LogP contribution in [-0.4, -0.2) is 59.0 Å². The molecule has 0 saturated carbocycles. The fraction of sp³-hybridized carbons (Fsp3) is 0.750. The van der Waals surface area contributed by atoms with Gasteiger partial charge in [-0.2, -0.15) is 0 Å². The Balaban J connectivity index is 2.10. The Bertz CT molecular complexity index is 417. The van der Waals surface area contributed by atoms with Gasteiger partial charge in [0, 0.05) is 19.6 Å². The van der Waals surface area contributed by atoms with Crippen LogP contribution in [0, 0.1) is 0 Å². The summed E-state index contributed by atoms with van der Waals surface area (Å²) in [5, 5.41) is 3.93. The van der Waals surface area contributed by atoms with Gasteiger partial charge in [-0.05, 0) is 20.8 Å². The van der Waals surface area contributed by atoms with Crippen molar-refractivity contribution in [3.63, 3.8) is 0 Å². The smallest absolute Gasteiger partial charge is 0.410 e. The third-order valence-corrected chi connectivity index (χ3v) is 3.79. The molecule has 0 aliphatic carbocycles. The average molecular weight is 285 g/mol. The summed E-state index contributed by atoms with van der Waals surface area (Å²) in [6, 6.07) is -0.194. The summed E-state index contributed by atoms with van der Waals surface area (Å²) in [5.41, 5.74) is -0.521. The van der Waals surface area contributed by atoms with E-state index in [1.165, 1.54) is 11.8 Å². The molecule has 19 heavy (non-hydrogen) atoms. The highest BCUT2D eigenvalue weighted by molar-refractivity contribution is 8.15. The highest BCUT2D eigenvalue weighted by atomic mass is 32.2. The van der Waals surface area contributed by atoms with Crippen molar-refractivity contribution in [1.82, 2.24) is 10.2 Å². The number of amides is 2. The Hall–Kier alpha value is -1.08. The molecule has 1 unspecified atom stereocenters. The molecule has 1 fully saturated rings. The maximum atomic E-state index is 12.2. The zero-order valence-corrected chi connectivity index (χ0v) is 12.2. The molecule has 1 N–H and O–H groups in total. The van der Waals surface area contributed by atoms with Gasteiger partial charge >= 0.3 is 6.09 Å². The second-order valence-electron chi connectivity index (χ2n) is 5.53. The van der Waals surface area contributed by atoms with Crippen molar-refractivity contribution >= 4 is 28.8 Å². The molecular weight excluding hydrogens is 266 g/mol. The van der Waals surface area contributed by atoms with E-state index < -0.39 is 5.60 Å². The van der Waals surface area contributed by atoms with Crippen molar-refractivity contribution in [2.24, 2.45) is 4.99 Å². The number of carbonyl (C=O) groups is 2. The first-order chi connectivity index (χ1) is 8.87. The SMILES string of the molecule is CC(C)(C)OC(=O)N1CCNCC1C1=NC(=O)CS1. The predicted molar refractivity (Wildman–Crippen MR) is 74.5 cm³/mol. The van der Waals surface area contributed by atoms with E-state index in [-0.39, 0.29) is 18.0 Å². The van der Waals surface area contributed by atoms with Crippen molar-refractivity contribution < 1.29 is 14.3 Å². The fourth-order valence-corrected chi connectivity index (χ4v) is 2.86. The van der Waals surface area contributed by atoms with Gasteiger partial charge in [0.15, 0.2) is 0 Å². The number of nitrogens with one attached hydrogen (secondary N) is 1. The normalized spacial score (nSPS) is 24.4. The van der Waals surface area contributed by atoms with Crippen LogP contribution >= 0.6 is 11.8 Å². The minimum atomic E-state index is -0.521. The van der Waals surface area contributed by atoms with E-state index in [0.29, 0.717) is 23.9 Å². The molecule has 2 amide bonds. The van der Waals surface area contributed by atoms with Gasteiger partial charge in [-0.25, -0.2) is 9.79 Å². The Morgan fingerprint density at radius 1 is 1.53 bits per heavy atom. The Kier molecular flexibility index (Phi) is 4.15. The molecule has 0 aromatic carbocycles. The molecule has 0 spiro atoms. The maximum absolute atomic E-state index is 12.2. The first kappa shape index (κ1) is 14.3. The van der Waals surface area contributed by atoms with Crippen LogP contribution in [-0.2, 0) is 9.53 Å². The second-order valence-corrected chi connectivity index (χ2v) is 6.52. The van der Waals surface area contributed by atoms with Crippen molar-refractivity contribution in [1.29, 1.82) is 0 Å². The van der Waals surface area contributed by atoms with E-state index in [4.69, 9.17) is 4.74 Å². The van der Waals surface area contributed by atoms with Crippen molar-refractivity contribution in [2.75, 3.05) is 25.4 Å². The van der Waals surface area contributed by atoms with Crippen LogP contribution in [0.1, 0.15) is 20.8 Å². The standard InChI is InChI=1S/C12H19N3O3S/c1-12(2,3)18-11(17)15-5-4-13-6-8(15)10-14-9(16)7-19-10/h8,13H,4-7H2,1-3H3. The molecule has 2 aliphatic rings. The summed E-state index contributed by atoms with van der Waals surface area (Å²) in [5.74, 6) is 0.239. The first-order valence-electron chi connectivity index (χ1n) is 6.31. The van der Waals surface area contributed by atoms with E-state index in [2.05, 4.69) is 10.3 Å². The summed E-state index contributed by atoms with van der Waals surface area (Å²) in [7, 11) is 0. The summed E-state index contributed by atoms with van der Waals surface area (Å²) in [6.07, 6.45) is -0.346. The molecule has 6 nitrogen and oxygen atoms in total. The third kappa shape index (κ3) is 3.70. The van der Waals surface area contributed by atoms with Gasteiger partial charge < -0.3 is 10.1 Å². The minimum Gasteiger partial charge on any atom is -0.444 e. The molecule has 1 saturated heterocycles. The number of carbonyl (C=O) groups excluding carboxylic acids is 2. The van der Waals surface area contributed by atoms with Gasteiger partial charge in [0.2, 0.25) is 0 Å². The van der Waals surface area contributed by atoms with Crippen molar-refractivity contribution in [3.05, 3.63) is 0 Å². The van der Waals surface area contributed by atoms with Crippen molar-refractivity contribution in [3.8, 4) is 0 Å². The molecule has 0 bridgehead atoms. The summed E-state index contributed by atoms with van der Waals surface area (Å²) < 4.78 is 5.40. The Morgan fingerprint density at radius 3 is 2.84 bits per heavy atom. The van der Waals surface area contributed by atoms with Gasteiger partial charge in [0.25, 0.3) is 5.91 Å². The van der Waals surface area contributed by atoms with Gasteiger partial charge in [-0.1, -0.05) is 11.8 Å². The van der Waals surface area contributed by atoms with Crippen LogP contribution in [0.15, 0.2) is 4.99 Å². The van der Waals surface area contributed by atoms with Crippen molar-refractivity contribution in [2.45, 2.75) is 32.4 Å². The zero-order chi connectivity index (χ0) is 14.0. The number of piperazine rings is 1. The maximum Gasteiger partial charge on any atom is 0.410 e. The van der Waals surface area contributed by atoms with Crippen LogP contribution in [0.4, 0.5) is 4.79 Å². The quantitative estimate of drug-likeness (QED) is 0.774. The summed E-state index contributed by atoms with van der Waals surface area (Å²) in [6.45, 7) is 7.42. The second kappa shape index (κ2) is 5.50. The lowest BCUT2D eigenvalue weighted by atomic mass is 10.2. The monoisotopic (exact) mass is 285 g/mol. The van der Waals surface area contributed by atoms with Crippen LogP contribution in [0.3, 0.4) is 0 Å². The van der Waals surface area contributed by atoms with E-state index in [1.807, 2.05) is 20.8 Å². The Morgan fingerprint density at radius 2 is 2.26 bits per heavy atom. The lowest BCUT2D eigenvalue weighted by molar-refractivity contribution is -0.115. The Labute approximate surface area is 117 Å². The van der Waals surface area contributed by atoms with E-state index >= 15 is 0 Å². The van der Waals surface area contributed by atoms with E-state index in [1.54, 1.807) is 4.90 Å². The molecular formula is C12H19N3O3S. The number of rotatable bonds is 1. The summed E-state index contributed by atoms with van der Waals surface area (Å²) >= 11 is 1.41. The molecule has 106 valence electrons. The number of aliphatic imine (C=N–C) groups is 1. The number of ether oxygens (including phenoxy) is 1. The molecule has 0 aromatic heterocycles. The van der Waals surface area contributed by atoms with Crippen LogP contribution < -0.4 is 5.32 Å². The zero-order valence-electron chi connectivity index (χ0n) is 11.4. The van der Waals surface area contributed by atoms with Crippen LogP contribution in [0.25, 0.3) is 0 Å². The van der Waals surface area contributed by atoms with Gasteiger partial charge in [0.1, 0.15) is 10.6 Å². The minimum absolute atomic E-state index is 0.130. The molecule has 2 heterocycles. The fourth-order valence-electron chi connectivity index (χ4n) is 1.96. The van der Waals surface area contributed by atoms with Crippen LogP contribution in [0.2, 0.25) is 0 Å². The predicted octanol–water partition coefficient (Wildman–Crippen LogP) is 0.867. The van der Waals surface area contributed by atoms with Gasteiger partial charge in [0.05, 0.1) is 11.8 Å². The molecule has 0 radical (unpaired) electrons. The molecule has 1 atom stereocenters. The topological polar surface area (TPSA) is 71.0 Å². The molecule has 2 aliphatic heterocycles. The first-order valence-corrected chi connectivity index (χ1v) is 7.30. The number of hydrogen-bond acceptors (Lipinski definition) is 5. The molecule has 0 aromatic rings. The third-order valence-electron chi connectivity index (χ3n) is 2.73. The highest BCUT2D eigenvalue weighted by Gasteiger charge is 2.35. The molecule has 7 heteroatoms. The van der Waals surface area contributed by atoms with Crippen LogP contribution in [0.5, 0.6) is 0 Å². The van der Waals surface area contributed by atoms with Gasteiger partial charge in [-0.3, -0.25) is 9.69 Å². The largest absolute Gasteiger partial charge is 0.444 e. The summed E-state index contributed by atoms with van der Waals surface area (Å²) in [4.78, 5) is 29.1. The van der Waals surface area contributed by atoms with Gasteiger partial charge in [-0.15, -0.1) is 0 Å². The van der Waals surface area contributed by atoms with E-state index in [0.717, 1.165) is 6.54 Å². The lowest BCUT2D eigenvalue weighted by Crippen LogP contribution is -2.57. The average Bonchev–Trinajstić information content (AvgIpc) is 2.73. The number of nitrogens with zero attached hydrogens (tertiary/aromatic N) is 2. The van der Waals surface area contributed by atoms with E-state index in [9.17, 15) is 9.59 Å². The number of thioether (sulfide) groups is 1. The molecule has 2 rings (SSSR count). The highest BCUT2D eigenvalue weighted by Crippen LogP contribution is 2.22.